The average Bonchev–Trinajstić information content (AvgIpc) is 3.08. The largest absolute Gasteiger partial charge is 0.469 e. The lowest BCUT2D eigenvalue weighted by molar-refractivity contribution is 0.102. The van der Waals surface area contributed by atoms with Gasteiger partial charge in [-0.15, -0.1) is 11.3 Å². The molecule has 4 nitrogen and oxygen atoms in total. The second-order valence-electron chi connectivity index (χ2n) is 7.47. The van der Waals surface area contributed by atoms with Crippen LogP contribution in [0, 0.1) is 29.6 Å². The molecule has 1 N–H and O–H groups in total. The van der Waals surface area contributed by atoms with Crippen molar-refractivity contribution in [1.29, 1.82) is 5.26 Å². The van der Waals surface area contributed by atoms with Crippen molar-refractivity contribution in [2.45, 2.75) is 47.0 Å². The summed E-state index contributed by atoms with van der Waals surface area (Å²) >= 11 is 1.55. The lowest BCUT2D eigenvalue weighted by atomic mass is 9.72. The van der Waals surface area contributed by atoms with Crippen molar-refractivity contribution in [1.82, 2.24) is 0 Å². The van der Waals surface area contributed by atoms with E-state index in [-0.39, 0.29) is 11.3 Å². The molecule has 0 bridgehead atoms. The Morgan fingerprint density at radius 3 is 2.79 bits per heavy atom. The van der Waals surface area contributed by atoms with Crippen LogP contribution in [-0.2, 0) is 12.8 Å². The number of nitrogens with zero attached hydrogens (tertiary/aromatic N) is 1. The molecule has 0 unspecified atom stereocenters. The summed E-state index contributed by atoms with van der Waals surface area (Å²) in [6, 6.07) is 3.95. The highest BCUT2D eigenvalue weighted by atomic mass is 32.1. The van der Waals surface area contributed by atoms with Crippen molar-refractivity contribution in [2.24, 2.45) is 11.3 Å². The Labute approximate surface area is 146 Å². The minimum absolute atomic E-state index is 0.219. The number of nitriles is 1. The molecular weight excluding hydrogens is 320 g/mol. The molecule has 24 heavy (non-hydrogen) atoms. The molecule has 3 rings (SSSR count). The minimum atomic E-state index is -0.219. The van der Waals surface area contributed by atoms with E-state index in [1.165, 1.54) is 11.1 Å². The average molecular weight is 342 g/mol. The van der Waals surface area contributed by atoms with Gasteiger partial charge in [0.15, 0.2) is 0 Å². The predicted molar refractivity (Wildman–Crippen MR) is 95.4 cm³/mol. The molecule has 2 heterocycles. The quantitative estimate of drug-likeness (QED) is 0.842. The van der Waals surface area contributed by atoms with Crippen LogP contribution in [-0.4, -0.2) is 5.91 Å². The van der Waals surface area contributed by atoms with Gasteiger partial charge in [-0.25, -0.2) is 0 Å². The molecule has 5 heteroatoms. The Bertz CT molecular complexity index is 818. The van der Waals surface area contributed by atoms with E-state index in [9.17, 15) is 10.1 Å². The Kier molecular flexibility index (Phi) is 4.27. The molecule has 0 saturated carbocycles. The standard InChI is InChI=1S/C19H22N2O2S/c1-11-13(7-8-23-11)17(22)21-18-15(10-20)14-6-5-12(19(2,3)4)9-16(14)24-18/h7-8,12H,5-6,9H2,1-4H3,(H,21,22)/t12-/m1/s1. The normalized spacial score (nSPS) is 17.2. The van der Waals surface area contributed by atoms with Crippen molar-refractivity contribution >= 4 is 22.2 Å². The van der Waals surface area contributed by atoms with Gasteiger partial charge in [0.05, 0.1) is 17.4 Å². The molecule has 0 saturated heterocycles. The van der Waals surface area contributed by atoms with E-state index in [4.69, 9.17) is 4.42 Å². The topological polar surface area (TPSA) is 66.0 Å². The molecule has 126 valence electrons. The summed E-state index contributed by atoms with van der Waals surface area (Å²) in [6.45, 7) is 8.57. The number of rotatable bonds is 2. The molecule has 1 aliphatic carbocycles. The maximum Gasteiger partial charge on any atom is 0.259 e. The molecule has 0 spiro atoms. The third kappa shape index (κ3) is 2.99. The van der Waals surface area contributed by atoms with Gasteiger partial charge in [0.25, 0.3) is 5.91 Å². The summed E-state index contributed by atoms with van der Waals surface area (Å²) in [5.74, 6) is 0.971. The van der Waals surface area contributed by atoms with Crippen LogP contribution >= 0.6 is 11.3 Å². The lowest BCUT2D eigenvalue weighted by Crippen LogP contribution is -2.26. The van der Waals surface area contributed by atoms with Gasteiger partial charge >= 0.3 is 0 Å². The first-order valence-electron chi connectivity index (χ1n) is 8.21. The van der Waals surface area contributed by atoms with Crippen LogP contribution in [0.4, 0.5) is 5.00 Å². The summed E-state index contributed by atoms with van der Waals surface area (Å²) in [6.07, 6.45) is 4.50. The Balaban J connectivity index is 1.89. The van der Waals surface area contributed by atoms with Gasteiger partial charge in [0.1, 0.15) is 16.8 Å². The molecule has 1 amide bonds. The highest BCUT2D eigenvalue weighted by Crippen LogP contribution is 2.44. The fourth-order valence-corrected chi connectivity index (χ4v) is 4.60. The van der Waals surface area contributed by atoms with Gasteiger partial charge in [-0.1, -0.05) is 20.8 Å². The van der Waals surface area contributed by atoms with Crippen LogP contribution in [0.15, 0.2) is 16.7 Å². The second kappa shape index (κ2) is 6.10. The van der Waals surface area contributed by atoms with E-state index < -0.39 is 0 Å². The van der Waals surface area contributed by atoms with E-state index >= 15 is 0 Å². The van der Waals surface area contributed by atoms with Gasteiger partial charge in [-0.3, -0.25) is 4.79 Å². The maximum atomic E-state index is 12.4. The number of carbonyl (C=O) groups excluding carboxylic acids is 1. The molecule has 2 aromatic rings. The van der Waals surface area contributed by atoms with Gasteiger partial charge < -0.3 is 9.73 Å². The van der Waals surface area contributed by atoms with Gasteiger partial charge in [0, 0.05) is 4.88 Å². The van der Waals surface area contributed by atoms with E-state index in [1.54, 1.807) is 24.3 Å². The molecule has 0 aliphatic heterocycles. The third-order valence-electron chi connectivity index (χ3n) is 4.93. The van der Waals surface area contributed by atoms with Crippen LogP contribution in [0.25, 0.3) is 0 Å². The Hall–Kier alpha value is -2.06. The van der Waals surface area contributed by atoms with E-state index in [1.807, 2.05) is 0 Å². The van der Waals surface area contributed by atoms with Crippen LogP contribution in [0.5, 0.6) is 0 Å². The van der Waals surface area contributed by atoms with Gasteiger partial charge in [0.2, 0.25) is 0 Å². The first kappa shape index (κ1) is 16.8. The first-order valence-corrected chi connectivity index (χ1v) is 9.03. The number of anilines is 1. The third-order valence-corrected chi connectivity index (χ3v) is 6.10. The zero-order valence-electron chi connectivity index (χ0n) is 14.5. The molecular formula is C19H22N2O2S. The predicted octanol–water partition coefficient (Wildman–Crippen LogP) is 4.92. The number of fused-ring (bicyclic) bond motifs is 1. The van der Waals surface area contributed by atoms with Crippen LogP contribution < -0.4 is 5.32 Å². The van der Waals surface area contributed by atoms with Crippen molar-refractivity contribution in [3.05, 3.63) is 39.7 Å². The minimum Gasteiger partial charge on any atom is -0.469 e. The highest BCUT2D eigenvalue weighted by Gasteiger charge is 2.32. The number of hydrogen-bond donors (Lipinski definition) is 1. The number of carbonyl (C=O) groups is 1. The van der Waals surface area contributed by atoms with Crippen molar-refractivity contribution in [3.8, 4) is 6.07 Å². The molecule has 0 aromatic carbocycles. The summed E-state index contributed by atoms with van der Waals surface area (Å²) in [7, 11) is 0. The monoisotopic (exact) mass is 342 g/mol. The van der Waals surface area contributed by atoms with Crippen molar-refractivity contribution < 1.29 is 9.21 Å². The highest BCUT2D eigenvalue weighted by molar-refractivity contribution is 7.16. The summed E-state index contributed by atoms with van der Waals surface area (Å²) in [4.78, 5) is 13.7. The summed E-state index contributed by atoms with van der Waals surface area (Å²) in [5.41, 5.74) is 2.53. The zero-order valence-corrected chi connectivity index (χ0v) is 15.3. The number of amides is 1. The number of furan rings is 1. The summed E-state index contributed by atoms with van der Waals surface area (Å²) < 4.78 is 5.19. The Morgan fingerprint density at radius 1 is 1.46 bits per heavy atom. The Morgan fingerprint density at radius 2 is 2.21 bits per heavy atom. The van der Waals surface area contributed by atoms with Crippen molar-refractivity contribution in [2.75, 3.05) is 5.32 Å². The molecule has 1 aliphatic rings. The first-order chi connectivity index (χ1) is 11.3. The number of aryl methyl sites for hydroxylation is 1. The van der Waals surface area contributed by atoms with Crippen molar-refractivity contribution in [3.63, 3.8) is 0 Å². The number of nitrogens with one attached hydrogen (secondary N) is 1. The smallest absolute Gasteiger partial charge is 0.259 e. The molecule has 2 aromatic heterocycles. The number of hydrogen-bond acceptors (Lipinski definition) is 4. The van der Waals surface area contributed by atoms with Crippen LogP contribution in [0.2, 0.25) is 0 Å². The molecule has 0 fully saturated rings. The second-order valence-corrected chi connectivity index (χ2v) is 8.58. The fourth-order valence-electron chi connectivity index (χ4n) is 3.32. The van der Waals surface area contributed by atoms with Crippen LogP contribution in [0.1, 0.15) is 59.3 Å². The van der Waals surface area contributed by atoms with E-state index in [0.29, 0.717) is 27.8 Å². The zero-order chi connectivity index (χ0) is 17.5. The SMILES string of the molecule is Cc1occc1C(=O)Nc1sc2c(c1C#N)CC[C@@H](C(C)(C)C)C2. The maximum absolute atomic E-state index is 12.4. The van der Waals surface area contributed by atoms with Crippen LogP contribution in [0.3, 0.4) is 0 Å². The molecule has 1 atom stereocenters. The number of thiophene rings is 1. The van der Waals surface area contributed by atoms with Gasteiger partial charge in [-0.2, -0.15) is 5.26 Å². The van der Waals surface area contributed by atoms with Gasteiger partial charge in [-0.05, 0) is 49.1 Å². The van der Waals surface area contributed by atoms with E-state index in [0.717, 1.165) is 24.8 Å². The molecule has 0 radical (unpaired) electrons. The fraction of sp³-hybridized carbons (Fsp3) is 0.474. The summed E-state index contributed by atoms with van der Waals surface area (Å²) in [5, 5.41) is 13.2. The van der Waals surface area contributed by atoms with E-state index in [2.05, 4.69) is 32.2 Å². The lowest BCUT2D eigenvalue weighted by Gasteiger charge is -2.33.